The molecule has 1 aromatic carbocycles. The number of nitrogens with zero attached hydrogens (tertiary/aromatic N) is 2. The number of furan rings is 1. The van der Waals surface area contributed by atoms with Gasteiger partial charge in [0.1, 0.15) is 5.58 Å². The first kappa shape index (κ1) is 14.4. The van der Waals surface area contributed by atoms with Crippen molar-refractivity contribution in [2.24, 2.45) is 5.73 Å². The van der Waals surface area contributed by atoms with Gasteiger partial charge in [-0.05, 0) is 35.8 Å². The standard InChI is InChI=1S/C16H18BrN3O/c1-3-20-14(16(17)10(2)19-20)8-13(18)12-9-21-15-7-5-4-6-11(12)15/h4-7,9,13H,3,8,18H2,1-2H3. The van der Waals surface area contributed by atoms with E-state index < -0.39 is 0 Å². The van der Waals surface area contributed by atoms with E-state index in [1.807, 2.05) is 35.9 Å². The van der Waals surface area contributed by atoms with Crippen molar-refractivity contribution in [3.8, 4) is 0 Å². The number of aryl methyl sites for hydroxylation is 2. The lowest BCUT2D eigenvalue weighted by Crippen LogP contribution is -2.16. The summed E-state index contributed by atoms with van der Waals surface area (Å²) < 4.78 is 8.64. The molecule has 110 valence electrons. The number of rotatable bonds is 4. The molecule has 0 radical (unpaired) electrons. The number of hydrogen-bond donors (Lipinski definition) is 1. The smallest absolute Gasteiger partial charge is 0.134 e. The predicted molar refractivity (Wildman–Crippen MR) is 87.2 cm³/mol. The summed E-state index contributed by atoms with van der Waals surface area (Å²) in [5, 5.41) is 5.60. The van der Waals surface area contributed by atoms with Crippen LogP contribution in [-0.4, -0.2) is 9.78 Å². The molecule has 0 bridgehead atoms. The topological polar surface area (TPSA) is 57.0 Å². The maximum absolute atomic E-state index is 6.42. The van der Waals surface area contributed by atoms with Crippen molar-refractivity contribution in [1.29, 1.82) is 0 Å². The van der Waals surface area contributed by atoms with Crippen LogP contribution in [0.3, 0.4) is 0 Å². The lowest BCUT2D eigenvalue weighted by Gasteiger charge is -2.12. The number of halogens is 1. The summed E-state index contributed by atoms with van der Waals surface area (Å²) in [6.07, 6.45) is 2.49. The van der Waals surface area contributed by atoms with E-state index in [1.165, 1.54) is 0 Å². The van der Waals surface area contributed by atoms with Gasteiger partial charge in [0.05, 0.1) is 22.1 Å². The van der Waals surface area contributed by atoms with Crippen molar-refractivity contribution in [1.82, 2.24) is 9.78 Å². The number of aromatic nitrogens is 2. The van der Waals surface area contributed by atoms with Gasteiger partial charge in [0, 0.05) is 30.0 Å². The molecule has 5 heteroatoms. The highest BCUT2D eigenvalue weighted by Crippen LogP contribution is 2.30. The Morgan fingerprint density at radius 3 is 2.90 bits per heavy atom. The number of fused-ring (bicyclic) bond motifs is 1. The number of hydrogen-bond acceptors (Lipinski definition) is 3. The third-order valence-electron chi connectivity index (χ3n) is 3.78. The Kier molecular flexibility index (Phi) is 3.87. The first-order valence-electron chi connectivity index (χ1n) is 7.05. The van der Waals surface area contributed by atoms with Crippen molar-refractivity contribution in [3.63, 3.8) is 0 Å². The van der Waals surface area contributed by atoms with Crippen molar-refractivity contribution < 1.29 is 4.42 Å². The average Bonchev–Trinajstić information content (AvgIpc) is 3.03. The molecule has 0 aliphatic carbocycles. The van der Waals surface area contributed by atoms with Crippen molar-refractivity contribution in [2.75, 3.05) is 0 Å². The van der Waals surface area contributed by atoms with Crippen LogP contribution < -0.4 is 5.73 Å². The van der Waals surface area contributed by atoms with E-state index in [-0.39, 0.29) is 6.04 Å². The van der Waals surface area contributed by atoms with E-state index in [0.29, 0.717) is 0 Å². The summed E-state index contributed by atoms with van der Waals surface area (Å²) >= 11 is 3.62. The summed E-state index contributed by atoms with van der Waals surface area (Å²) in [5.41, 5.74) is 10.5. The maximum Gasteiger partial charge on any atom is 0.134 e. The second-order valence-corrected chi connectivity index (χ2v) is 5.95. The maximum atomic E-state index is 6.42. The minimum absolute atomic E-state index is 0.119. The third-order valence-corrected chi connectivity index (χ3v) is 4.81. The second-order valence-electron chi connectivity index (χ2n) is 5.16. The van der Waals surface area contributed by atoms with Crippen LogP contribution in [0.15, 0.2) is 39.4 Å². The molecule has 0 spiro atoms. The molecular weight excluding hydrogens is 330 g/mol. The fourth-order valence-corrected chi connectivity index (χ4v) is 3.11. The van der Waals surface area contributed by atoms with Crippen LogP contribution in [0.1, 0.15) is 29.9 Å². The van der Waals surface area contributed by atoms with Crippen LogP contribution in [0.25, 0.3) is 11.0 Å². The fourth-order valence-electron chi connectivity index (χ4n) is 2.67. The molecule has 0 fully saturated rings. The minimum atomic E-state index is -0.119. The van der Waals surface area contributed by atoms with E-state index in [2.05, 4.69) is 28.0 Å². The highest BCUT2D eigenvalue weighted by atomic mass is 79.9. The van der Waals surface area contributed by atoms with Gasteiger partial charge in [-0.1, -0.05) is 18.2 Å². The normalized spacial score (nSPS) is 13.0. The zero-order chi connectivity index (χ0) is 15.0. The number of nitrogens with two attached hydrogens (primary N) is 1. The highest BCUT2D eigenvalue weighted by Gasteiger charge is 2.19. The molecule has 2 N–H and O–H groups in total. The molecule has 0 amide bonds. The SMILES string of the molecule is CCn1nc(C)c(Br)c1CC(N)c1coc2ccccc12. The quantitative estimate of drug-likeness (QED) is 0.776. The van der Waals surface area contributed by atoms with Crippen LogP contribution in [0.2, 0.25) is 0 Å². The van der Waals surface area contributed by atoms with Gasteiger partial charge < -0.3 is 10.2 Å². The first-order valence-corrected chi connectivity index (χ1v) is 7.84. The Morgan fingerprint density at radius 2 is 2.14 bits per heavy atom. The molecule has 0 aliphatic heterocycles. The highest BCUT2D eigenvalue weighted by molar-refractivity contribution is 9.10. The van der Waals surface area contributed by atoms with Crippen molar-refractivity contribution in [2.45, 2.75) is 32.9 Å². The van der Waals surface area contributed by atoms with Gasteiger partial charge in [0.2, 0.25) is 0 Å². The van der Waals surface area contributed by atoms with Crippen LogP contribution in [-0.2, 0) is 13.0 Å². The fraction of sp³-hybridized carbons (Fsp3) is 0.312. The molecule has 3 rings (SSSR count). The van der Waals surface area contributed by atoms with Gasteiger partial charge in [-0.25, -0.2) is 0 Å². The first-order chi connectivity index (χ1) is 10.1. The van der Waals surface area contributed by atoms with Gasteiger partial charge >= 0.3 is 0 Å². The zero-order valence-corrected chi connectivity index (χ0v) is 13.7. The van der Waals surface area contributed by atoms with E-state index in [9.17, 15) is 0 Å². The van der Waals surface area contributed by atoms with Gasteiger partial charge in [0.15, 0.2) is 0 Å². The molecular formula is C16H18BrN3O. The molecule has 21 heavy (non-hydrogen) atoms. The van der Waals surface area contributed by atoms with E-state index in [4.69, 9.17) is 10.2 Å². The summed E-state index contributed by atoms with van der Waals surface area (Å²) in [4.78, 5) is 0. The summed E-state index contributed by atoms with van der Waals surface area (Å²) in [5.74, 6) is 0. The predicted octanol–water partition coefficient (Wildman–Crippen LogP) is 3.96. The summed E-state index contributed by atoms with van der Waals surface area (Å²) in [6, 6.07) is 7.86. The number of para-hydroxylation sites is 1. The van der Waals surface area contributed by atoms with E-state index in [0.717, 1.165) is 45.4 Å². The molecule has 2 heterocycles. The Hall–Kier alpha value is -1.59. The Morgan fingerprint density at radius 1 is 1.38 bits per heavy atom. The van der Waals surface area contributed by atoms with Gasteiger partial charge in [-0.3, -0.25) is 4.68 Å². The van der Waals surface area contributed by atoms with Gasteiger partial charge in [-0.2, -0.15) is 5.10 Å². The molecule has 4 nitrogen and oxygen atoms in total. The van der Waals surface area contributed by atoms with Crippen LogP contribution in [0, 0.1) is 6.92 Å². The second kappa shape index (κ2) is 5.66. The van der Waals surface area contributed by atoms with E-state index in [1.54, 1.807) is 6.26 Å². The van der Waals surface area contributed by atoms with Gasteiger partial charge in [-0.15, -0.1) is 0 Å². The average molecular weight is 348 g/mol. The van der Waals surface area contributed by atoms with Crippen molar-refractivity contribution in [3.05, 3.63) is 52.0 Å². The molecule has 0 saturated carbocycles. The molecule has 0 saturated heterocycles. The monoisotopic (exact) mass is 347 g/mol. The number of benzene rings is 1. The lowest BCUT2D eigenvalue weighted by atomic mass is 10.0. The molecule has 1 unspecified atom stereocenters. The Bertz CT molecular complexity index is 775. The Balaban J connectivity index is 1.95. The summed E-state index contributed by atoms with van der Waals surface area (Å²) in [7, 11) is 0. The van der Waals surface area contributed by atoms with Crippen molar-refractivity contribution >= 4 is 26.9 Å². The molecule has 2 aromatic heterocycles. The van der Waals surface area contributed by atoms with Crippen LogP contribution >= 0.6 is 15.9 Å². The molecule has 1 atom stereocenters. The molecule has 3 aromatic rings. The van der Waals surface area contributed by atoms with E-state index >= 15 is 0 Å². The largest absolute Gasteiger partial charge is 0.464 e. The van der Waals surface area contributed by atoms with Crippen LogP contribution in [0.4, 0.5) is 0 Å². The minimum Gasteiger partial charge on any atom is -0.464 e. The molecule has 0 aliphatic rings. The summed E-state index contributed by atoms with van der Waals surface area (Å²) in [6.45, 7) is 4.92. The van der Waals surface area contributed by atoms with Crippen LogP contribution in [0.5, 0.6) is 0 Å². The lowest BCUT2D eigenvalue weighted by molar-refractivity contribution is 0.573. The Labute approximate surface area is 132 Å². The van der Waals surface area contributed by atoms with Gasteiger partial charge in [0.25, 0.3) is 0 Å². The third kappa shape index (κ3) is 2.51. The zero-order valence-electron chi connectivity index (χ0n) is 12.1.